The van der Waals surface area contributed by atoms with Crippen LogP contribution in [-0.2, 0) is 11.8 Å². The van der Waals surface area contributed by atoms with Gasteiger partial charge in [0.2, 0.25) is 0 Å². The number of urea groups is 1. The lowest BCUT2D eigenvalue weighted by atomic mass is 10.1. The number of imidazole rings is 1. The highest BCUT2D eigenvalue weighted by atomic mass is 16.5. The standard InChI is InChI=1S/C17H22N4O3/c1-20-7-6-18-16(20)15(13-4-3-5-14(12-13)23-2)19-17(22)21-8-10-24-11-9-21/h3-7,12,15H,8-11H2,1-2H3,(H,19,22)/t15-/m0/s1. The molecule has 0 spiro atoms. The molecule has 0 saturated carbocycles. The molecule has 1 aliphatic heterocycles. The van der Waals surface area contributed by atoms with E-state index in [0.717, 1.165) is 17.1 Å². The number of carbonyl (C=O) groups is 1. The molecular formula is C17H22N4O3. The van der Waals surface area contributed by atoms with E-state index in [1.165, 1.54) is 0 Å². The van der Waals surface area contributed by atoms with Crippen molar-refractivity contribution in [2.45, 2.75) is 6.04 Å². The van der Waals surface area contributed by atoms with Gasteiger partial charge in [0.15, 0.2) is 0 Å². The largest absolute Gasteiger partial charge is 0.497 e. The first-order valence-corrected chi connectivity index (χ1v) is 7.93. The van der Waals surface area contributed by atoms with Crippen molar-refractivity contribution in [1.29, 1.82) is 0 Å². The van der Waals surface area contributed by atoms with E-state index in [1.54, 1.807) is 18.2 Å². The molecule has 1 aromatic heterocycles. The molecule has 1 fully saturated rings. The fourth-order valence-electron chi connectivity index (χ4n) is 2.75. The second kappa shape index (κ2) is 7.35. The van der Waals surface area contributed by atoms with Crippen LogP contribution in [0.4, 0.5) is 4.79 Å². The molecule has 0 unspecified atom stereocenters. The van der Waals surface area contributed by atoms with E-state index in [4.69, 9.17) is 9.47 Å². The Kier molecular flexibility index (Phi) is 5.00. The van der Waals surface area contributed by atoms with Crippen LogP contribution >= 0.6 is 0 Å². The van der Waals surface area contributed by atoms with Gasteiger partial charge in [-0.15, -0.1) is 0 Å². The lowest BCUT2D eigenvalue weighted by molar-refractivity contribution is 0.0527. The number of benzene rings is 1. The van der Waals surface area contributed by atoms with Gasteiger partial charge in [0, 0.05) is 32.5 Å². The highest BCUT2D eigenvalue weighted by Gasteiger charge is 2.25. The Morgan fingerprint density at radius 3 is 2.83 bits per heavy atom. The van der Waals surface area contributed by atoms with E-state index in [1.807, 2.05) is 42.1 Å². The van der Waals surface area contributed by atoms with Crippen molar-refractivity contribution in [2.75, 3.05) is 33.4 Å². The number of hydrogen-bond acceptors (Lipinski definition) is 4. The van der Waals surface area contributed by atoms with Crippen molar-refractivity contribution in [3.63, 3.8) is 0 Å². The summed E-state index contributed by atoms with van der Waals surface area (Å²) in [5.41, 5.74) is 0.922. The van der Waals surface area contributed by atoms with Gasteiger partial charge in [-0.2, -0.15) is 0 Å². The van der Waals surface area contributed by atoms with E-state index in [9.17, 15) is 4.79 Å². The number of aromatic nitrogens is 2. The average Bonchev–Trinajstić information content (AvgIpc) is 3.06. The van der Waals surface area contributed by atoms with Crippen molar-refractivity contribution in [1.82, 2.24) is 19.8 Å². The molecule has 7 nitrogen and oxygen atoms in total. The minimum Gasteiger partial charge on any atom is -0.497 e. The van der Waals surface area contributed by atoms with Crippen LogP contribution in [0.5, 0.6) is 5.75 Å². The third-order valence-electron chi connectivity index (χ3n) is 4.11. The summed E-state index contributed by atoms with van der Waals surface area (Å²) in [6, 6.07) is 7.19. The molecule has 7 heteroatoms. The van der Waals surface area contributed by atoms with Crippen LogP contribution in [0.2, 0.25) is 0 Å². The van der Waals surface area contributed by atoms with Crippen molar-refractivity contribution in [3.05, 3.63) is 48.0 Å². The molecule has 2 aromatic rings. The van der Waals surface area contributed by atoms with Crippen molar-refractivity contribution in [3.8, 4) is 5.75 Å². The Morgan fingerprint density at radius 2 is 2.17 bits per heavy atom. The van der Waals surface area contributed by atoms with Crippen LogP contribution < -0.4 is 10.1 Å². The summed E-state index contributed by atoms with van der Waals surface area (Å²) in [7, 11) is 3.54. The zero-order valence-electron chi connectivity index (χ0n) is 13.9. The molecule has 0 bridgehead atoms. The van der Waals surface area contributed by atoms with Gasteiger partial charge in [0.05, 0.1) is 20.3 Å². The second-order valence-electron chi connectivity index (χ2n) is 5.65. The number of morpholine rings is 1. The molecule has 0 aliphatic carbocycles. The Labute approximate surface area is 141 Å². The highest BCUT2D eigenvalue weighted by molar-refractivity contribution is 5.75. The van der Waals surface area contributed by atoms with Gasteiger partial charge in [-0.3, -0.25) is 0 Å². The predicted molar refractivity (Wildman–Crippen MR) is 89.0 cm³/mol. The van der Waals surface area contributed by atoms with Crippen molar-refractivity contribution < 1.29 is 14.3 Å². The molecule has 1 saturated heterocycles. The maximum atomic E-state index is 12.6. The van der Waals surface area contributed by atoms with Gasteiger partial charge >= 0.3 is 6.03 Å². The number of aryl methyl sites for hydroxylation is 1. The molecule has 3 rings (SSSR count). The number of rotatable bonds is 4. The topological polar surface area (TPSA) is 68.6 Å². The summed E-state index contributed by atoms with van der Waals surface area (Å²) in [5, 5.41) is 3.09. The smallest absolute Gasteiger partial charge is 0.318 e. The van der Waals surface area contributed by atoms with Crippen LogP contribution in [-0.4, -0.2) is 53.9 Å². The Bertz CT molecular complexity index is 695. The van der Waals surface area contributed by atoms with Crippen LogP contribution in [0, 0.1) is 0 Å². The van der Waals surface area contributed by atoms with Gasteiger partial charge in [-0.1, -0.05) is 12.1 Å². The highest BCUT2D eigenvalue weighted by Crippen LogP contribution is 2.24. The first kappa shape index (κ1) is 16.3. The number of ether oxygens (including phenoxy) is 2. The minimum atomic E-state index is -0.351. The summed E-state index contributed by atoms with van der Waals surface area (Å²) in [6.07, 6.45) is 3.59. The van der Waals surface area contributed by atoms with Gasteiger partial charge in [0.1, 0.15) is 17.6 Å². The zero-order valence-corrected chi connectivity index (χ0v) is 13.9. The molecule has 1 atom stereocenters. The first-order chi connectivity index (χ1) is 11.7. The fourth-order valence-corrected chi connectivity index (χ4v) is 2.75. The molecule has 128 valence electrons. The van der Waals surface area contributed by atoms with E-state index in [-0.39, 0.29) is 12.1 Å². The number of hydrogen-bond donors (Lipinski definition) is 1. The molecule has 2 heterocycles. The maximum Gasteiger partial charge on any atom is 0.318 e. The lowest BCUT2D eigenvalue weighted by Gasteiger charge is -2.29. The molecule has 1 aromatic carbocycles. The Morgan fingerprint density at radius 1 is 1.38 bits per heavy atom. The quantitative estimate of drug-likeness (QED) is 0.924. The van der Waals surface area contributed by atoms with E-state index in [2.05, 4.69) is 10.3 Å². The van der Waals surface area contributed by atoms with Crippen LogP contribution in [0.25, 0.3) is 0 Å². The molecule has 0 radical (unpaired) electrons. The van der Waals surface area contributed by atoms with Crippen LogP contribution in [0.3, 0.4) is 0 Å². The number of nitrogens with one attached hydrogen (secondary N) is 1. The zero-order chi connectivity index (χ0) is 16.9. The monoisotopic (exact) mass is 330 g/mol. The summed E-state index contributed by atoms with van der Waals surface area (Å²) < 4.78 is 12.5. The predicted octanol–water partition coefficient (Wildman–Crippen LogP) is 1.56. The van der Waals surface area contributed by atoms with E-state index in [0.29, 0.717) is 26.3 Å². The van der Waals surface area contributed by atoms with E-state index < -0.39 is 0 Å². The molecule has 1 aliphatic rings. The second-order valence-corrected chi connectivity index (χ2v) is 5.65. The van der Waals surface area contributed by atoms with Gasteiger partial charge in [0.25, 0.3) is 0 Å². The average molecular weight is 330 g/mol. The Hall–Kier alpha value is -2.54. The third-order valence-corrected chi connectivity index (χ3v) is 4.11. The van der Waals surface area contributed by atoms with Gasteiger partial charge < -0.3 is 24.3 Å². The SMILES string of the molecule is COc1cccc([C@H](NC(=O)N2CCOCC2)c2nccn2C)c1. The number of methoxy groups -OCH3 is 1. The van der Waals surface area contributed by atoms with Gasteiger partial charge in [-0.25, -0.2) is 9.78 Å². The number of carbonyl (C=O) groups excluding carboxylic acids is 1. The van der Waals surface area contributed by atoms with Crippen LogP contribution in [0.1, 0.15) is 17.4 Å². The number of nitrogens with zero attached hydrogens (tertiary/aromatic N) is 3. The van der Waals surface area contributed by atoms with Gasteiger partial charge in [-0.05, 0) is 17.7 Å². The summed E-state index contributed by atoms with van der Waals surface area (Å²) in [6.45, 7) is 2.33. The van der Waals surface area contributed by atoms with Crippen molar-refractivity contribution >= 4 is 6.03 Å². The molecular weight excluding hydrogens is 308 g/mol. The maximum absolute atomic E-state index is 12.6. The molecule has 2 amide bonds. The normalized spacial score (nSPS) is 15.8. The summed E-state index contributed by atoms with van der Waals surface area (Å²) in [4.78, 5) is 18.8. The molecule has 1 N–H and O–H groups in total. The summed E-state index contributed by atoms with van der Waals surface area (Å²) >= 11 is 0. The van der Waals surface area contributed by atoms with Crippen LogP contribution in [0.15, 0.2) is 36.7 Å². The van der Waals surface area contributed by atoms with Crippen molar-refractivity contribution in [2.24, 2.45) is 7.05 Å². The number of amides is 2. The Balaban J connectivity index is 1.87. The molecule has 24 heavy (non-hydrogen) atoms. The fraction of sp³-hybridized carbons (Fsp3) is 0.412. The third kappa shape index (κ3) is 3.51. The first-order valence-electron chi connectivity index (χ1n) is 7.93. The minimum absolute atomic E-state index is 0.117. The lowest BCUT2D eigenvalue weighted by Crippen LogP contribution is -2.47. The summed E-state index contributed by atoms with van der Waals surface area (Å²) in [5.74, 6) is 1.51. The van der Waals surface area contributed by atoms with E-state index >= 15 is 0 Å².